The minimum Gasteiger partial charge on any atom is -0.480 e. The maximum atomic E-state index is 12.7. The first-order valence-corrected chi connectivity index (χ1v) is 9.09. The average Bonchev–Trinajstić information content (AvgIpc) is 2.67. The first-order chi connectivity index (χ1) is 13.0. The van der Waals surface area contributed by atoms with Crippen LogP contribution in [0.15, 0.2) is 48.5 Å². The number of benzene rings is 2. The highest BCUT2D eigenvalue weighted by molar-refractivity contribution is 5.91. The average molecular weight is 368 g/mol. The van der Waals surface area contributed by atoms with Crippen LogP contribution in [-0.4, -0.2) is 41.0 Å². The van der Waals surface area contributed by atoms with E-state index in [-0.39, 0.29) is 6.42 Å². The summed E-state index contributed by atoms with van der Waals surface area (Å²) in [5.74, 6) is -0.576. The molecule has 2 aromatic rings. The van der Waals surface area contributed by atoms with Crippen molar-refractivity contribution >= 4 is 11.9 Å². The molecule has 2 aromatic carbocycles. The van der Waals surface area contributed by atoms with Crippen LogP contribution in [0.5, 0.6) is 11.5 Å². The van der Waals surface area contributed by atoms with Crippen LogP contribution in [0.25, 0.3) is 0 Å². The maximum Gasteiger partial charge on any atom is 0.319 e. The molecular formula is C21H24N2O4. The Kier molecular flexibility index (Phi) is 5.19. The molecule has 27 heavy (non-hydrogen) atoms. The normalized spacial score (nSPS) is 15.4. The molecular weight excluding hydrogens is 344 g/mol. The Morgan fingerprint density at radius 3 is 1.93 bits per heavy atom. The lowest BCUT2D eigenvalue weighted by molar-refractivity contribution is -0.143. The van der Waals surface area contributed by atoms with Crippen LogP contribution in [-0.2, 0) is 15.0 Å². The number of nitrogens with two attached hydrogens (primary N) is 1. The second kappa shape index (κ2) is 7.40. The van der Waals surface area contributed by atoms with Crippen molar-refractivity contribution in [2.24, 2.45) is 5.73 Å². The van der Waals surface area contributed by atoms with Crippen LogP contribution in [0.3, 0.4) is 0 Å². The van der Waals surface area contributed by atoms with Crippen molar-refractivity contribution in [2.45, 2.75) is 31.7 Å². The number of carbonyl (C=O) groups excluding carboxylic acids is 1. The van der Waals surface area contributed by atoms with E-state index < -0.39 is 23.3 Å². The van der Waals surface area contributed by atoms with Crippen molar-refractivity contribution in [3.63, 3.8) is 0 Å². The SMILES string of the molecule is CCN(CC)C(CC1(C(=O)O)c2ccccc2Oc2ccccc21)C(N)=O. The largest absolute Gasteiger partial charge is 0.480 e. The molecule has 6 heteroatoms. The van der Waals surface area contributed by atoms with Gasteiger partial charge in [0.15, 0.2) is 0 Å². The molecule has 1 amide bonds. The van der Waals surface area contributed by atoms with Gasteiger partial charge in [0.2, 0.25) is 5.91 Å². The molecule has 1 unspecified atom stereocenters. The molecule has 1 aliphatic rings. The molecule has 3 rings (SSSR count). The lowest BCUT2D eigenvalue weighted by Crippen LogP contribution is -2.52. The summed E-state index contributed by atoms with van der Waals surface area (Å²) in [5, 5.41) is 10.4. The first kappa shape index (κ1) is 18.9. The Balaban J connectivity index is 2.24. The number of carboxylic acids is 1. The Hall–Kier alpha value is -2.86. The fraction of sp³-hybridized carbons (Fsp3) is 0.333. The van der Waals surface area contributed by atoms with E-state index in [4.69, 9.17) is 10.5 Å². The third-order valence-corrected chi connectivity index (χ3v) is 5.36. The van der Waals surface area contributed by atoms with E-state index in [1.54, 1.807) is 48.5 Å². The Labute approximate surface area is 158 Å². The van der Waals surface area contributed by atoms with Gasteiger partial charge < -0.3 is 15.6 Å². The summed E-state index contributed by atoms with van der Waals surface area (Å²) in [6.07, 6.45) is 0.0384. The maximum absolute atomic E-state index is 12.7. The summed E-state index contributed by atoms with van der Waals surface area (Å²) in [5.41, 5.74) is 5.35. The van der Waals surface area contributed by atoms with E-state index in [9.17, 15) is 14.7 Å². The second-order valence-electron chi connectivity index (χ2n) is 6.65. The van der Waals surface area contributed by atoms with Crippen molar-refractivity contribution in [2.75, 3.05) is 13.1 Å². The number of hydrogen-bond donors (Lipinski definition) is 2. The van der Waals surface area contributed by atoms with E-state index in [0.29, 0.717) is 35.7 Å². The van der Waals surface area contributed by atoms with Gasteiger partial charge in [-0.15, -0.1) is 0 Å². The number of primary amides is 1. The summed E-state index contributed by atoms with van der Waals surface area (Å²) in [6.45, 7) is 5.05. The van der Waals surface area contributed by atoms with Gasteiger partial charge in [-0.05, 0) is 31.6 Å². The predicted octanol–water partition coefficient (Wildman–Crippen LogP) is 2.75. The first-order valence-electron chi connectivity index (χ1n) is 9.09. The third kappa shape index (κ3) is 3.06. The van der Waals surface area contributed by atoms with Gasteiger partial charge in [-0.2, -0.15) is 0 Å². The predicted molar refractivity (Wildman–Crippen MR) is 102 cm³/mol. The van der Waals surface area contributed by atoms with Crippen molar-refractivity contribution in [1.82, 2.24) is 4.90 Å². The van der Waals surface area contributed by atoms with Crippen LogP contribution >= 0.6 is 0 Å². The smallest absolute Gasteiger partial charge is 0.319 e. The number of hydrogen-bond acceptors (Lipinski definition) is 4. The third-order valence-electron chi connectivity index (χ3n) is 5.36. The van der Waals surface area contributed by atoms with Gasteiger partial charge >= 0.3 is 5.97 Å². The standard InChI is InChI=1S/C21H24N2O4/c1-3-23(4-2)16(19(22)24)13-21(20(25)26)14-9-5-7-11-17(14)27-18-12-8-6-10-15(18)21/h5-12,16H,3-4,13H2,1-2H3,(H2,22,24)(H,25,26). The molecule has 0 fully saturated rings. The van der Waals surface area contributed by atoms with Crippen molar-refractivity contribution in [3.05, 3.63) is 59.7 Å². The van der Waals surface area contributed by atoms with Crippen LogP contribution < -0.4 is 10.5 Å². The number of fused-ring (bicyclic) bond motifs is 2. The van der Waals surface area contributed by atoms with E-state index in [2.05, 4.69) is 0 Å². The molecule has 0 radical (unpaired) electrons. The van der Waals surface area contributed by atoms with Crippen LogP contribution in [0.2, 0.25) is 0 Å². The number of nitrogens with zero attached hydrogens (tertiary/aromatic N) is 1. The number of likely N-dealkylation sites (N-methyl/N-ethyl adjacent to an activating group) is 1. The van der Waals surface area contributed by atoms with Crippen molar-refractivity contribution < 1.29 is 19.4 Å². The van der Waals surface area contributed by atoms with Crippen LogP contribution in [0, 0.1) is 0 Å². The van der Waals surface area contributed by atoms with Gasteiger partial charge in [0.1, 0.15) is 16.9 Å². The highest BCUT2D eigenvalue weighted by Gasteiger charge is 2.51. The molecule has 6 nitrogen and oxygen atoms in total. The Morgan fingerprint density at radius 1 is 1.04 bits per heavy atom. The van der Waals surface area contributed by atoms with Gasteiger partial charge in [-0.25, -0.2) is 0 Å². The van der Waals surface area contributed by atoms with Gasteiger partial charge in [0.25, 0.3) is 0 Å². The minimum absolute atomic E-state index is 0.0384. The van der Waals surface area contributed by atoms with Crippen LogP contribution in [0.1, 0.15) is 31.4 Å². The molecule has 0 aromatic heterocycles. The van der Waals surface area contributed by atoms with Crippen molar-refractivity contribution in [1.29, 1.82) is 0 Å². The van der Waals surface area contributed by atoms with E-state index >= 15 is 0 Å². The minimum atomic E-state index is -1.42. The molecule has 0 aliphatic carbocycles. The molecule has 0 saturated heterocycles. The number of amides is 1. The fourth-order valence-electron chi connectivity index (χ4n) is 3.98. The number of rotatable bonds is 7. The number of carbonyl (C=O) groups is 2. The molecule has 3 N–H and O–H groups in total. The summed E-state index contributed by atoms with van der Waals surface area (Å²) < 4.78 is 5.94. The van der Waals surface area contributed by atoms with Gasteiger partial charge in [0.05, 0.1) is 6.04 Å². The molecule has 1 atom stereocenters. The van der Waals surface area contributed by atoms with Crippen LogP contribution in [0.4, 0.5) is 0 Å². The monoisotopic (exact) mass is 368 g/mol. The van der Waals surface area contributed by atoms with E-state index in [1.165, 1.54) is 0 Å². The fourth-order valence-corrected chi connectivity index (χ4v) is 3.98. The lowest BCUT2D eigenvalue weighted by Gasteiger charge is -2.40. The number of carboxylic acid groups (broad SMARTS) is 1. The molecule has 1 aliphatic heterocycles. The highest BCUT2D eigenvalue weighted by Crippen LogP contribution is 2.50. The zero-order valence-electron chi connectivity index (χ0n) is 15.5. The lowest BCUT2D eigenvalue weighted by atomic mass is 9.68. The second-order valence-corrected chi connectivity index (χ2v) is 6.65. The quantitative estimate of drug-likeness (QED) is 0.784. The summed E-state index contributed by atoms with van der Waals surface area (Å²) >= 11 is 0. The zero-order valence-corrected chi connectivity index (χ0v) is 15.5. The van der Waals surface area contributed by atoms with Gasteiger partial charge in [0, 0.05) is 11.1 Å². The summed E-state index contributed by atoms with van der Waals surface area (Å²) in [6, 6.07) is 13.5. The molecule has 1 heterocycles. The summed E-state index contributed by atoms with van der Waals surface area (Å²) in [4.78, 5) is 26.9. The Morgan fingerprint density at radius 2 is 1.52 bits per heavy atom. The molecule has 0 spiro atoms. The highest BCUT2D eigenvalue weighted by atomic mass is 16.5. The number of para-hydroxylation sites is 2. The van der Waals surface area contributed by atoms with Gasteiger partial charge in [-0.3, -0.25) is 14.5 Å². The van der Waals surface area contributed by atoms with Gasteiger partial charge in [-0.1, -0.05) is 50.2 Å². The molecule has 0 saturated carbocycles. The topological polar surface area (TPSA) is 92.9 Å². The van der Waals surface area contributed by atoms with Crippen molar-refractivity contribution in [3.8, 4) is 11.5 Å². The molecule has 142 valence electrons. The number of aliphatic carboxylic acids is 1. The molecule has 0 bridgehead atoms. The summed E-state index contributed by atoms with van der Waals surface area (Å²) in [7, 11) is 0. The number of ether oxygens (including phenoxy) is 1. The zero-order chi connectivity index (χ0) is 19.6. The van der Waals surface area contributed by atoms with E-state index in [1.807, 2.05) is 18.7 Å². The Bertz CT molecular complexity index is 815. The van der Waals surface area contributed by atoms with E-state index in [0.717, 1.165) is 0 Å².